The number of rotatable bonds is 8. The molecule has 9 nitrogen and oxygen atoms in total. The molecular formula is C25H33FN5O4S+. The van der Waals surface area contributed by atoms with E-state index in [1.54, 1.807) is 38.4 Å². The third-order valence-electron chi connectivity index (χ3n) is 6.78. The Hall–Kier alpha value is -3.08. The number of hydrogen-bond donors (Lipinski definition) is 3. The zero-order chi connectivity index (χ0) is 26.3. The minimum Gasteiger partial charge on any atom is -0.508 e. The van der Waals surface area contributed by atoms with Crippen LogP contribution < -0.4 is 10.7 Å². The van der Waals surface area contributed by atoms with Crippen molar-refractivity contribution in [3.8, 4) is 16.2 Å². The molecule has 1 aromatic carbocycles. The van der Waals surface area contributed by atoms with E-state index >= 15 is 0 Å². The first-order valence-electron chi connectivity index (χ1n) is 12.1. The van der Waals surface area contributed by atoms with Crippen LogP contribution in [-0.4, -0.2) is 56.1 Å². The van der Waals surface area contributed by atoms with E-state index in [1.807, 2.05) is 13.0 Å². The number of likely N-dealkylation sites (tertiary alicyclic amines) is 1. The number of phenols is 1. The molecule has 1 saturated heterocycles. The first kappa shape index (κ1) is 26.0. The number of thiazole rings is 1. The molecule has 194 valence electrons. The average molecular weight is 519 g/mol. The van der Waals surface area contributed by atoms with Gasteiger partial charge in [0.15, 0.2) is 5.67 Å². The number of aryl methyl sites for hydroxylation is 1. The number of benzene rings is 1. The number of carbonyl (C=O) groups is 2. The molecule has 3 N–H and O–H groups in total. The van der Waals surface area contributed by atoms with Crippen LogP contribution in [-0.2, 0) is 16.1 Å². The van der Waals surface area contributed by atoms with Crippen LogP contribution in [0.4, 0.5) is 4.39 Å². The summed E-state index contributed by atoms with van der Waals surface area (Å²) < 4.78 is 14.3. The van der Waals surface area contributed by atoms with E-state index < -0.39 is 35.1 Å². The lowest BCUT2D eigenvalue weighted by molar-refractivity contribution is -0.657. The van der Waals surface area contributed by atoms with Crippen molar-refractivity contribution < 1.29 is 24.0 Å². The van der Waals surface area contributed by atoms with Crippen molar-refractivity contribution in [3.05, 3.63) is 39.9 Å². The quantitative estimate of drug-likeness (QED) is 0.364. The molecule has 2 atom stereocenters. The van der Waals surface area contributed by atoms with Gasteiger partial charge in [0.05, 0.1) is 21.0 Å². The van der Waals surface area contributed by atoms with Crippen molar-refractivity contribution in [2.75, 3.05) is 6.54 Å². The summed E-state index contributed by atoms with van der Waals surface area (Å²) in [5.41, 5.74) is 4.20. The van der Waals surface area contributed by atoms with Crippen LogP contribution >= 0.6 is 11.3 Å². The monoisotopic (exact) mass is 518 g/mol. The summed E-state index contributed by atoms with van der Waals surface area (Å²) in [5.74, 6) is -1.12. The van der Waals surface area contributed by atoms with Gasteiger partial charge >= 0.3 is 6.17 Å². The van der Waals surface area contributed by atoms with Gasteiger partial charge in [-0.2, -0.15) is 0 Å². The standard InChI is InChI=1S/C25H32FN5O4S/c1-15-20(36-14-27-15)16-7-8-17(18(32)12-16)13-28-31(35)19-6-5-11-30(19)22(33)21(24(2,3)4)29-23(34)25(26)9-10-25/h7-8,12,14,19,21H,5-6,9-11,13H2,1-4H3,(H2-,28,29,32,34,35)/p+1/t19?,21-/m1/s1. The largest absolute Gasteiger partial charge is 0.508 e. The maximum Gasteiger partial charge on any atom is 0.310 e. The van der Waals surface area contributed by atoms with Gasteiger partial charge in [-0.25, -0.2) is 9.37 Å². The fourth-order valence-electron chi connectivity index (χ4n) is 4.36. The van der Waals surface area contributed by atoms with E-state index in [-0.39, 0.29) is 25.1 Å². The molecule has 1 unspecified atom stereocenters. The second-order valence-corrected chi connectivity index (χ2v) is 11.5. The van der Waals surface area contributed by atoms with Crippen LogP contribution in [0.2, 0.25) is 0 Å². The third-order valence-corrected chi connectivity index (χ3v) is 7.76. The van der Waals surface area contributed by atoms with E-state index in [9.17, 15) is 24.0 Å². The molecule has 1 aliphatic carbocycles. The Morgan fingerprint density at radius 3 is 2.67 bits per heavy atom. The van der Waals surface area contributed by atoms with Crippen molar-refractivity contribution >= 4 is 23.2 Å². The SMILES string of the molecule is Cc1ncsc1-c1ccc(CN[N+](=O)C2CCCN2C(=O)[C@@H](NC(=O)C2(F)CC2)C(C)(C)C)c(O)c1. The summed E-state index contributed by atoms with van der Waals surface area (Å²) in [4.78, 5) is 46.1. The number of alkyl halides is 1. The fourth-order valence-corrected chi connectivity index (χ4v) is 5.17. The summed E-state index contributed by atoms with van der Waals surface area (Å²) in [6.45, 7) is 7.73. The summed E-state index contributed by atoms with van der Waals surface area (Å²) in [7, 11) is 0. The van der Waals surface area contributed by atoms with E-state index in [1.165, 1.54) is 16.2 Å². The lowest BCUT2D eigenvalue weighted by Crippen LogP contribution is -2.59. The molecule has 0 spiro atoms. The van der Waals surface area contributed by atoms with Crippen molar-refractivity contribution in [3.63, 3.8) is 0 Å². The average Bonchev–Trinajstić information content (AvgIpc) is 3.20. The maximum absolute atomic E-state index is 14.3. The van der Waals surface area contributed by atoms with Gasteiger partial charge in [0, 0.05) is 18.5 Å². The summed E-state index contributed by atoms with van der Waals surface area (Å²) >= 11 is 1.49. The second-order valence-electron chi connectivity index (χ2n) is 10.7. The van der Waals surface area contributed by atoms with Gasteiger partial charge in [-0.15, -0.1) is 16.8 Å². The minimum atomic E-state index is -1.89. The number of aromatic nitrogens is 1. The first-order chi connectivity index (χ1) is 16.9. The second kappa shape index (κ2) is 9.76. The molecule has 2 aromatic rings. The van der Waals surface area contributed by atoms with Gasteiger partial charge in [-0.05, 0) is 43.2 Å². The van der Waals surface area contributed by atoms with Crippen molar-refractivity contribution in [1.29, 1.82) is 0 Å². The number of nitrogens with one attached hydrogen (secondary N) is 2. The molecule has 1 saturated carbocycles. The number of hydrazine groups is 1. The number of carbonyl (C=O) groups excluding carboxylic acids is 2. The fraction of sp³-hybridized carbons (Fsp3) is 0.560. The number of phenolic OH excluding ortho intramolecular Hbond substituents is 1. The molecule has 2 amide bonds. The van der Waals surface area contributed by atoms with Crippen LogP contribution in [0.15, 0.2) is 23.7 Å². The van der Waals surface area contributed by atoms with Crippen molar-refractivity contribution in [1.82, 2.24) is 20.6 Å². The number of halogens is 1. The summed E-state index contributed by atoms with van der Waals surface area (Å²) in [6, 6.07) is 4.30. The van der Waals surface area contributed by atoms with Crippen LogP contribution in [0.1, 0.15) is 57.7 Å². The minimum absolute atomic E-state index is 0.0521. The molecule has 2 aliphatic rings. The zero-order valence-corrected chi connectivity index (χ0v) is 21.8. The predicted octanol–water partition coefficient (Wildman–Crippen LogP) is 3.59. The summed E-state index contributed by atoms with van der Waals surface area (Å²) in [5, 5.41) is 13.1. The normalized spacial score (nSPS) is 19.6. The van der Waals surface area contributed by atoms with Crippen LogP contribution in [0.3, 0.4) is 0 Å². The van der Waals surface area contributed by atoms with Crippen LogP contribution in [0, 0.1) is 17.2 Å². The van der Waals surface area contributed by atoms with E-state index in [0.717, 1.165) is 16.1 Å². The van der Waals surface area contributed by atoms with Gasteiger partial charge < -0.3 is 10.4 Å². The van der Waals surface area contributed by atoms with Crippen LogP contribution in [0.25, 0.3) is 10.4 Å². The molecule has 0 radical (unpaired) electrons. The van der Waals surface area contributed by atoms with Crippen molar-refractivity contribution in [2.45, 2.75) is 77.8 Å². The van der Waals surface area contributed by atoms with Crippen molar-refractivity contribution in [2.24, 2.45) is 5.41 Å². The number of nitroso groups, excluding NO2 is 1. The number of amides is 2. The third kappa shape index (κ3) is 5.35. The smallest absolute Gasteiger partial charge is 0.310 e. The van der Waals surface area contributed by atoms with Gasteiger partial charge in [0.25, 0.3) is 11.8 Å². The molecule has 4 rings (SSSR count). The van der Waals surface area contributed by atoms with Gasteiger partial charge in [0.1, 0.15) is 23.2 Å². The molecule has 36 heavy (non-hydrogen) atoms. The van der Waals surface area contributed by atoms with Gasteiger partial charge in [-0.1, -0.05) is 32.9 Å². The Bertz CT molecular complexity index is 1170. The number of nitrogens with zero attached hydrogens (tertiary/aromatic N) is 3. The first-order valence-corrected chi connectivity index (χ1v) is 13.0. The molecule has 11 heteroatoms. The Morgan fingerprint density at radius 1 is 1.36 bits per heavy atom. The lowest BCUT2D eigenvalue weighted by atomic mass is 9.85. The Kier molecular flexibility index (Phi) is 7.05. The molecule has 2 fully saturated rings. The number of aromatic hydroxyl groups is 1. The van der Waals surface area contributed by atoms with Gasteiger partial charge in [0.2, 0.25) is 0 Å². The Labute approximate surface area is 213 Å². The lowest BCUT2D eigenvalue weighted by Gasteiger charge is -2.34. The molecule has 0 bridgehead atoms. The predicted molar refractivity (Wildman–Crippen MR) is 134 cm³/mol. The molecular weight excluding hydrogens is 485 g/mol. The molecule has 2 heterocycles. The van der Waals surface area contributed by atoms with Crippen LogP contribution in [0.5, 0.6) is 5.75 Å². The number of hydrogen-bond acceptors (Lipinski definition) is 6. The van der Waals surface area contributed by atoms with E-state index in [0.29, 0.717) is 29.8 Å². The molecule has 1 aromatic heterocycles. The topological polar surface area (TPSA) is 115 Å². The Balaban J connectivity index is 1.42. The highest BCUT2D eigenvalue weighted by atomic mass is 32.1. The van der Waals surface area contributed by atoms with Gasteiger partial charge in [-0.3, -0.25) is 14.5 Å². The highest BCUT2D eigenvalue weighted by Gasteiger charge is 2.53. The highest BCUT2D eigenvalue weighted by Crippen LogP contribution is 2.40. The van der Waals surface area contributed by atoms with E-state index in [2.05, 4.69) is 15.7 Å². The zero-order valence-electron chi connectivity index (χ0n) is 21.0. The highest BCUT2D eigenvalue weighted by molar-refractivity contribution is 7.13. The Morgan fingerprint density at radius 2 is 2.08 bits per heavy atom. The summed E-state index contributed by atoms with van der Waals surface area (Å²) in [6.07, 6.45) is 0.623. The maximum atomic E-state index is 14.3. The van der Waals surface area contributed by atoms with E-state index in [4.69, 9.17) is 0 Å². The molecule has 1 aliphatic heterocycles.